The third-order valence-electron chi connectivity index (χ3n) is 2.44. The smallest absolute Gasteiger partial charge is 0.239 e. The Kier molecular flexibility index (Phi) is 5.97. The number of likely N-dealkylation sites (N-methyl/N-ethyl adjacent to an activating group) is 2. The van der Waals surface area contributed by atoms with Crippen molar-refractivity contribution in [2.75, 3.05) is 36.9 Å². The van der Waals surface area contributed by atoms with E-state index in [1.54, 1.807) is 0 Å². The van der Waals surface area contributed by atoms with Gasteiger partial charge in [0.15, 0.2) is 0 Å². The molecular weight excluding hydrogens is 228 g/mol. The lowest BCUT2D eigenvalue weighted by Gasteiger charge is -2.18. The number of carbonyl (C=O) groups excluding carboxylic acids is 1. The second-order valence-corrected chi connectivity index (χ2v) is 4.12. The van der Waals surface area contributed by atoms with Gasteiger partial charge in [-0.15, -0.1) is 0 Å². The number of hydrogen-bond acceptors (Lipinski definition) is 4. The Hall–Kier alpha value is -1.78. The van der Waals surface area contributed by atoms with Crippen molar-refractivity contribution in [2.24, 2.45) is 0 Å². The number of nitrogens with one attached hydrogen (secondary N) is 2. The van der Waals surface area contributed by atoms with Crippen LogP contribution in [0.15, 0.2) is 18.2 Å². The summed E-state index contributed by atoms with van der Waals surface area (Å²) in [5.74, 6) is 1.65. The second kappa shape index (κ2) is 7.53. The zero-order chi connectivity index (χ0) is 13.4. The minimum absolute atomic E-state index is 0.00807. The van der Waals surface area contributed by atoms with E-state index in [-0.39, 0.29) is 5.91 Å². The Balaban J connectivity index is 2.61. The summed E-state index contributed by atoms with van der Waals surface area (Å²) in [5, 5.41) is 6.00. The molecule has 0 aliphatic carbocycles. The molecule has 0 radical (unpaired) electrons. The third kappa shape index (κ3) is 4.61. The monoisotopic (exact) mass is 250 g/mol. The van der Waals surface area contributed by atoms with E-state index < -0.39 is 0 Å². The van der Waals surface area contributed by atoms with Gasteiger partial charge in [0.25, 0.3) is 0 Å². The first kappa shape index (κ1) is 14.3. The number of carbonyl (C=O) groups is 1. The lowest BCUT2D eigenvalue weighted by molar-refractivity contribution is -0.119. The molecule has 5 heteroatoms. The molecule has 0 unspecified atom stereocenters. The van der Waals surface area contributed by atoms with E-state index in [1.807, 2.05) is 37.1 Å². The first-order valence-corrected chi connectivity index (χ1v) is 6.36. The highest BCUT2D eigenvalue weighted by atomic mass is 16.2. The normalized spacial score (nSPS) is 9.94. The Morgan fingerprint density at radius 1 is 1.39 bits per heavy atom. The maximum absolute atomic E-state index is 11.5. The average Bonchev–Trinajstić information content (AvgIpc) is 2.37. The second-order valence-electron chi connectivity index (χ2n) is 4.12. The number of anilines is 2. The summed E-state index contributed by atoms with van der Waals surface area (Å²) < 4.78 is 0. The molecule has 1 aromatic rings. The van der Waals surface area contributed by atoms with Crippen LogP contribution < -0.4 is 15.5 Å². The lowest BCUT2D eigenvalue weighted by atomic mass is 10.4. The van der Waals surface area contributed by atoms with Crippen molar-refractivity contribution in [3.8, 4) is 0 Å². The van der Waals surface area contributed by atoms with Crippen molar-refractivity contribution in [3.05, 3.63) is 18.2 Å². The molecule has 0 bridgehead atoms. The quantitative estimate of drug-likeness (QED) is 0.769. The van der Waals surface area contributed by atoms with Gasteiger partial charge in [-0.3, -0.25) is 4.79 Å². The van der Waals surface area contributed by atoms with Crippen LogP contribution in [0.4, 0.5) is 11.6 Å². The van der Waals surface area contributed by atoms with Gasteiger partial charge >= 0.3 is 0 Å². The van der Waals surface area contributed by atoms with Crippen molar-refractivity contribution >= 4 is 17.5 Å². The Labute approximate surface area is 109 Å². The summed E-state index contributed by atoms with van der Waals surface area (Å²) in [7, 11) is 1.86. The molecule has 5 nitrogen and oxygen atoms in total. The van der Waals surface area contributed by atoms with Crippen LogP contribution in [0.1, 0.15) is 20.3 Å². The summed E-state index contributed by atoms with van der Waals surface area (Å²) in [5.41, 5.74) is 0. The predicted molar refractivity (Wildman–Crippen MR) is 75.0 cm³/mol. The molecule has 1 aromatic heterocycles. The molecule has 1 rings (SSSR count). The Morgan fingerprint density at radius 2 is 2.17 bits per heavy atom. The number of amides is 1. The molecule has 18 heavy (non-hydrogen) atoms. The van der Waals surface area contributed by atoms with E-state index in [1.165, 1.54) is 0 Å². The van der Waals surface area contributed by atoms with Crippen LogP contribution in [-0.2, 0) is 4.79 Å². The SMILES string of the molecule is CCCNc1cccc(N(C)CC(=O)NCC)n1. The lowest BCUT2D eigenvalue weighted by Crippen LogP contribution is -2.35. The van der Waals surface area contributed by atoms with E-state index in [4.69, 9.17) is 0 Å². The average molecular weight is 250 g/mol. The van der Waals surface area contributed by atoms with E-state index >= 15 is 0 Å². The highest BCUT2D eigenvalue weighted by Crippen LogP contribution is 2.12. The molecule has 1 heterocycles. The first-order chi connectivity index (χ1) is 8.67. The number of nitrogens with zero attached hydrogens (tertiary/aromatic N) is 2. The van der Waals surface area contributed by atoms with Crippen LogP contribution in [0.5, 0.6) is 0 Å². The summed E-state index contributed by atoms with van der Waals surface area (Å²) in [6.45, 7) is 5.89. The van der Waals surface area contributed by atoms with Gasteiger partial charge in [0, 0.05) is 20.1 Å². The maximum Gasteiger partial charge on any atom is 0.239 e. The summed E-state index contributed by atoms with van der Waals surface area (Å²) in [4.78, 5) is 17.8. The fraction of sp³-hybridized carbons (Fsp3) is 0.538. The minimum atomic E-state index is 0.00807. The standard InChI is InChI=1S/C13H22N4O/c1-4-9-15-11-7-6-8-12(16-11)17(3)10-13(18)14-5-2/h6-8H,4-5,9-10H2,1-3H3,(H,14,18)(H,15,16). The van der Waals surface area contributed by atoms with Gasteiger partial charge in [-0.1, -0.05) is 13.0 Å². The molecule has 1 amide bonds. The molecule has 0 spiro atoms. The van der Waals surface area contributed by atoms with Gasteiger partial charge in [-0.05, 0) is 25.5 Å². The van der Waals surface area contributed by atoms with E-state index in [2.05, 4.69) is 22.5 Å². The summed E-state index contributed by atoms with van der Waals surface area (Å²) in [6, 6.07) is 5.77. The van der Waals surface area contributed by atoms with E-state index in [9.17, 15) is 4.79 Å². The number of aromatic nitrogens is 1. The molecule has 0 atom stereocenters. The van der Waals surface area contributed by atoms with Gasteiger partial charge < -0.3 is 15.5 Å². The highest BCUT2D eigenvalue weighted by Gasteiger charge is 2.07. The minimum Gasteiger partial charge on any atom is -0.370 e. The third-order valence-corrected chi connectivity index (χ3v) is 2.44. The van der Waals surface area contributed by atoms with E-state index in [0.29, 0.717) is 13.1 Å². The van der Waals surface area contributed by atoms with Crippen molar-refractivity contribution < 1.29 is 4.79 Å². The van der Waals surface area contributed by atoms with Gasteiger partial charge in [0.2, 0.25) is 5.91 Å². The Morgan fingerprint density at radius 3 is 2.83 bits per heavy atom. The molecule has 0 aromatic carbocycles. The number of rotatable bonds is 7. The molecule has 0 saturated heterocycles. The zero-order valence-corrected chi connectivity index (χ0v) is 11.4. The summed E-state index contributed by atoms with van der Waals surface area (Å²) in [6.07, 6.45) is 1.06. The van der Waals surface area contributed by atoms with Crippen LogP contribution in [0.3, 0.4) is 0 Å². The topological polar surface area (TPSA) is 57.3 Å². The number of hydrogen-bond donors (Lipinski definition) is 2. The molecular formula is C13H22N4O. The predicted octanol–water partition coefficient (Wildman–Crippen LogP) is 1.48. The highest BCUT2D eigenvalue weighted by molar-refractivity contribution is 5.80. The maximum atomic E-state index is 11.5. The van der Waals surface area contributed by atoms with Crippen molar-refractivity contribution in [1.82, 2.24) is 10.3 Å². The van der Waals surface area contributed by atoms with Crippen molar-refractivity contribution in [3.63, 3.8) is 0 Å². The molecule has 0 fully saturated rings. The van der Waals surface area contributed by atoms with Crippen LogP contribution >= 0.6 is 0 Å². The molecule has 0 aliphatic rings. The summed E-state index contributed by atoms with van der Waals surface area (Å²) >= 11 is 0. The van der Waals surface area contributed by atoms with Crippen LogP contribution in [-0.4, -0.2) is 37.6 Å². The van der Waals surface area contributed by atoms with Crippen molar-refractivity contribution in [1.29, 1.82) is 0 Å². The fourth-order valence-corrected chi connectivity index (χ4v) is 1.54. The van der Waals surface area contributed by atoms with Crippen molar-refractivity contribution in [2.45, 2.75) is 20.3 Å². The largest absolute Gasteiger partial charge is 0.370 e. The van der Waals surface area contributed by atoms with Gasteiger partial charge in [-0.2, -0.15) is 0 Å². The fourth-order valence-electron chi connectivity index (χ4n) is 1.54. The molecule has 0 aliphatic heterocycles. The van der Waals surface area contributed by atoms with Gasteiger partial charge in [0.1, 0.15) is 11.6 Å². The Bertz CT molecular complexity index is 381. The van der Waals surface area contributed by atoms with Crippen LogP contribution in [0, 0.1) is 0 Å². The molecule has 100 valence electrons. The van der Waals surface area contributed by atoms with Gasteiger partial charge in [-0.25, -0.2) is 4.98 Å². The number of pyridine rings is 1. The first-order valence-electron chi connectivity index (χ1n) is 6.36. The molecule has 2 N–H and O–H groups in total. The van der Waals surface area contributed by atoms with E-state index in [0.717, 1.165) is 24.6 Å². The van der Waals surface area contributed by atoms with Crippen LogP contribution in [0.25, 0.3) is 0 Å². The van der Waals surface area contributed by atoms with Crippen LogP contribution in [0.2, 0.25) is 0 Å². The molecule has 0 saturated carbocycles. The van der Waals surface area contributed by atoms with Gasteiger partial charge in [0.05, 0.1) is 6.54 Å². The zero-order valence-electron chi connectivity index (χ0n) is 11.4.